The van der Waals surface area contributed by atoms with Crippen LogP contribution in [0.25, 0.3) is 10.8 Å². The van der Waals surface area contributed by atoms with E-state index in [0.29, 0.717) is 6.54 Å². The normalized spacial score (nSPS) is 10.7. The fraction of sp³-hybridized carbons (Fsp3) is 0.222. The van der Waals surface area contributed by atoms with Crippen molar-refractivity contribution in [2.24, 2.45) is 5.73 Å². The maximum absolute atomic E-state index is 5.46. The second-order valence-electron chi connectivity index (χ2n) is 2.77. The molecular formula is C9H9BrN2OS. The number of furan rings is 1. The van der Waals surface area contributed by atoms with Crippen LogP contribution in [-0.4, -0.2) is 11.5 Å². The molecule has 0 aliphatic carbocycles. The minimum atomic E-state index is 0.656. The second-order valence-corrected chi connectivity index (χ2v) is 4.67. The van der Waals surface area contributed by atoms with E-state index in [-0.39, 0.29) is 0 Å². The van der Waals surface area contributed by atoms with Gasteiger partial charge < -0.3 is 10.2 Å². The monoisotopic (exact) mass is 272 g/mol. The van der Waals surface area contributed by atoms with Crippen LogP contribution < -0.4 is 5.73 Å². The second kappa shape index (κ2) is 4.25. The zero-order valence-electron chi connectivity index (χ0n) is 7.37. The van der Waals surface area contributed by atoms with Gasteiger partial charge in [-0.1, -0.05) is 0 Å². The van der Waals surface area contributed by atoms with Crippen LogP contribution >= 0.6 is 27.3 Å². The molecule has 2 heterocycles. The molecule has 2 rings (SSSR count). The van der Waals surface area contributed by atoms with Crippen molar-refractivity contribution in [3.63, 3.8) is 0 Å². The molecule has 0 atom stereocenters. The molecule has 74 valence electrons. The molecule has 0 spiro atoms. The summed E-state index contributed by atoms with van der Waals surface area (Å²) in [5.74, 6) is 0.796. The molecule has 5 heteroatoms. The minimum absolute atomic E-state index is 0.656. The Bertz CT molecular complexity index is 424. The van der Waals surface area contributed by atoms with Crippen molar-refractivity contribution in [1.29, 1.82) is 0 Å². The van der Waals surface area contributed by atoms with Crippen LogP contribution in [0.1, 0.15) is 4.88 Å². The predicted molar refractivity (Wildman–Crippen MR) is 60.3 cm³/mol. The lowest BCUT2D eigenvalue weighted by Gasteiger charge is -1.88. The lowest BCUT2D eigenvalue weighted by atomic mass is 10.4. The van der Waals surface area contributed by atoms with Crippen LogP contribution in [0.2, 0.25) is 0 Å². The molecule has 0 saturated heterocycles. The van der Waals surface area contributed by atoms with E-state index in [2.05, 4.69) is 20.9 Å². The first kappa shape index (κ1) is 9.89. The van der Waals surface area contributed by atoms with Gasteiger partial charge in [0.15, 0.2) is 15.4 Å². The van der Waals surface area contributed by atoms with Gasteiger partial charge in [-0.3, -0.25) is 0 Å². The van der Waals surface area contributed by atoms with E-state index in [4.69, 9.17) is 10.2 Å². The highest BCUT2D eigenvalue weighted by Gasteiger charge is 2.07. The van der Waals surface area contributed by atoms with Gasteiger partial charge in [-0.25, -0.2) is 4.98 Å². The smallest absolute Gasteiger partial charge is 0.170 e. The Kier molecular flexibility index (Phi) is 3.00. The first-order valence-electron chi connectivity index (χ1n) is 4.20. The number of nitrogens with zero attached hydrogens (tertiary/aromatic N) is 1. The molecule has 2 aromatic rings. The van der Waals surface area contributed by atoms with Crippen LogP contribution in [0.5, 0.6) is 0 Å². The van der Waals surface area contributed by atoms with Gasteiger partial charge in [0, 0.05) is 11.1 Å². The van der Waals surface area contributed by atoms with E-state index >= 15 is 0 Å². The van der Waals surface area contributed by atoms with Crippen LogP contribution in [0.4, 0.5) is 0 Å². The molecule has 3 nitrogen and oxygen atoms in total. The molecule has 2 aromatic heterocycles. The Balaban J connectivity index is 2.24. The SMILES string of the molecule is NCCc1cnc(-c2ccc(Br)o2)s1. The highest BCUT2D eigenvalue weighted by molar-refractivity contribution is 9.10. The number of hydrogen-bond acceptors (Lipinski definition) is 4. The molecule has 0 aliphatic rings. The summed E-state index contributed by atoms with van der Waals surface area (Å²) in [6.07, 6.45) is 2.73. The largest absolute Gasteiger partial charge is 0.447 e. The van der Waals surface area contributed by atoms with Crippen molar-refractivity contribution in [1.82, 2.24) is 4.98 Å². The number of halogens is 1. The minimum Gasteiger partial charge on any atom is -0.447 e. The molecule has 0 aliphatic heterocycles. The van der Waals surface area contributed by atoms with E-state index in [1.165, 1.54) is 4.88 Å². The summed E-state index contributed by atoms with van der Waals surface area (Å²) < 4.78 is 6.12. The lowest BCUT2D eigenvalue weighted by molar-refractivity contribution is 0.555. The Hall–Kier alpha value is -0.650. The van der Waals surface area contributed by atoms with Crippen molar-refractivity contribution in [3.8, 4) is 10.8 Å². The Morgan fingerprint density at radius 1 is 1.50 bits per heavy atom. The van der Waals surface area contributed by atoms with Crippen LogP contribution in [-0.2, 0) is 6.42 Å². The van der Waals surface area contributed by atoms with Crippen LogP contribution in [0.15, 0.2) is 27.4 Å². The van der Waals surface area contributed by atoms with Crippen molar-refractivity contribution in [2.75, 3.05) is 6.54 Å². The summed E-state index contributed by atoms with van der Waals surface area (Å²) >= 11 is 4.88. The Labute approximate surface area is 94.1 Å². The number of nitrogens with two attached hydrogens (primary N) is 1. The van der Waals surface area contributed by atoms with E-state index in [9.17, 15) is 0 Å². The zero-order valence-corrected chi connectivity index (χ0v) is 9.77. The Morgan fingerprint density at radius 2 is 2.36 bits per heavy atom. The van der Waals surface area contributed by atoms with Crippen LogP contribution in [0, 0.1) is 0 Å². The highest BCUT2D eigenvalue weighted by atomic mass is 79.9. The standard InChI is InChI=1S/C9H9BrN2OS/c10-8-2-1-7(13-8)9-12-5-6(14-9)3-4-11/h1-2,5H,3-4,11H2. The topological polar surface area (TPSA) is 52.0 Å². The number of aromatic nitrogens is 1. The molecule has 0 unspecified atom stereocenters. The van der Waals surface area contributed by atoms with E-state index in [0.717, 1.165) is 21.9 Å². The number of hydrogen-bond donors (Lipinski definition) is 1. The molecule has 0 fully saturated rings. The molecule has 0 aromatic carbocycles. The van der Waals surface area contributed by atoms with E-state index < -0.39 is 0 Å². The van der Waals surface area contributed by atoms with Crippen molar-refractivity contribution >= 4 is 27.3 Å². The van der Waals surface area contributed by atoms with Crippen molar-refractivity contribution in [2.45, 2.75) is 6.42 Å². The summed E-state index contributed by atoms with van der Waals surface area (Å²) in [7, 11) is 0. The molecule has 0 radical (unpaired) electrons. The average molecular weight is 273 g/mol. The molecule has 0 saturated carbocycles. The fourth-order valence-electron chi connectivity index (χ4n) is 1.11. The summed E-state index contributed by atoms with van der Waals surface area (Å²) in [5.41, 5.74) is 5.46. The highest BCUT2D eigenvalue weighted by Crippen LogP contribution is 2.28. The van der Waals surface area contributed by atoms with Crippen molar-refractivity contribution in [3.05, 3.63) is 27.9 Å². The quantitative estimate of drug-likeness (QED) is 0.935. The van der Waals surface area contributed by atoms with E-state index in [1.54, 1.807) is 11.3 Å². The molecular weight excluding hydrogens is 264 g/mol. The molecule has 14 heavy (non-hydrogen) atoms. The number of thiazole rings is 1. The van der Waals surface area contributed by atoms with Gasteiger partial charge in [-0.15, -0.1) is 11.3 Å². The zero-order chi connectivity index (χ0) is 9.97. The van der Waals surface area contributed by atoms with Gasteiger partial charge in [-0.2, -0.15) is 0 Å². The van der Waals surface area contributed by atoms with Crippen LogP contribution in [0.3, 0.4) is 0 Å². The first-order chi connectivity index (χ1) is 6.79. The summed E-state index contributed by atoms with van der Waals surface area (Å²) in [4.78, 5) is 5.46. The molecule has 0 amide bonds. The van der Waals surface area contributed by atoms with Crippen molar-refractivity contribution < 1.29 is 4.42 Å². The third kappa shape index (κ3) is 2.05. The fourth-order valence-corrected chi connectivity index (χ4v) is 2.30. The Morgan fingerprint density at radius 3 is 3.00 bits per heavy atom. The van der Waals surface area contributed by atoms with Gasteiger partial charge >= 0.3 is 0 Å². The maximum Gasteiger partial charge on any atom is 0.170 e. The van der Waals surface area contributed by atoms with Gasteiger partial charge in [-0.05, 0) is 41.0 Å². The first-order valence-corrected chi connectivity index (χ1v) is 5.81. The van der Waals surface area contributed by atoms with E-state index in [1.807, 2.05) is 18.3 Å². The van der Waals surface area contributed by atoms with Gasteiger partial charge in [0.25, 0.3) is 0 Å². The number of rotatable bonds is 3. The van der Waals surface area contributed by atoms with Gasteiger partial charge in [0.2, 0.25) is 0 Å². The molecule has 0 bridgehead atoms. The lowest BCUT2D eigenvalue weighted by Crippen LogP contribution is -2.00. The average Bonchev–Trinajstić information content (AvgIpc) is 2.74. The summed E-state index contributed by atoms with van der Waals surface area (Å²) in [6, 6.07) is 3.76. The summed E-state index contributed by atoms with van der Waals surface area (Å²) in [6.45, 7) is 0.656. The summed E-state index contributed by atoms with van der Waals surface area (Å²) in [5, 5.41) is 0.902. The maximum atomic E-state index is 5.46. The molecule has 2 N–H and O–H groups in total. The third-order valence-electron chi connectivity index (χ3n) is 1.73. The third-order valence-corrected chi connectivity index (χ3v) is 3.23. The van der Waals surface area contributed by atoms with Gasteiger partial charge in [0.05, 0.1) is 0 Å². The predicted octanol–water partition coefficient (Wildman–Crippen LogP) is 2.67. The van der Waals surface area contributed by atoms with Gasteiger partial charge in [0.1, 0.15) is 0 Å².